The highest BCUT2D eigenvalue weighted by molar-refractivity contribution is 7.09. The molecule has 114 valence electrons. The number of hydrogen-bond donors (Lipinski definition) is 1. The smallest absolute Gasteiger partial charge is 0.112 e. The molecule has 0 unspecified atom stereocenters. The molecule has 1 aromatic carbocycles. The monoisotopic (exact) mass is 314 g/mol. The Bertz CT molecular complexity index is 732. The largest absolute Gasteiger partial charge is 0.390 e. The second-order valence-electron chi connectivity index (χ2n) is 5.22. The van der Waals surface area contributed by atoms with Crippen molar-refractivity contribution in [3.05, 3.63) is 58.0 Å². The first-order valence-electron chi connectivity index (χ1n) is 7.03. The van der Waals surface area contributed by atoms with Gasteiger partial charge in [-0.25, -0.2) is 4.68 Å². The SMILES string of the molecule is CN(C)c1ccc(-n2nnc(CO)c2Cc2cccs2)cc1. The topological polar surface area (TPSA) is 54.2 Å². The second kappa shape index (κ2) is 6.29. The maximum absolute atomic E-state index is 9.51. The summed E-state index contributed by atoms with van der Waals surface area (Å²) in [5.74, 6) is 0. The molecule has 1 N–H and O–H groups in total. The van der Waals surface area contributed by atoms with E-state index >= 15 is 0 Å². The summed E-state index contributed by atoms with van der Waals surface area (Å²) in [5.41, 5.74) is 3.64. The van der Waals surface area contributed by atoms with E-state index in [2.05, 4.69) is 21.3 Å². The molecule has 3 aromatic rings. The van der Waals surface area contributed by atoms with E-state index in [0.717, 1.165) is 23.5 Å². The lowest BCUT2D eigenvalue weighted by molar-refractivity contribution is 0.275. The predicted octanol–water partition coefficient (Wildman–Crippen LogP) is 2.48. The lowest BCUT2D eigenvalue weighted by Gasteiger charge is -2.13. The van der Waals surface area contributed by atoms with E-state index in [1.54, 1.807) is 11.3 Å². The average Bonchev–Trinajstić information content (AvgIpc) is 3.17. The Morgan fingerprint density at radius 2 is 1.95 bits per heavy atom. The van der Waals surface area contributed by atoms with Crippen LogP contribution in [0.4, 0.5) is 5.69 Å². The Labute approximate surface area is 133 Å². The molecule has 0 saturated carbocycles. The van der Waals surface area contributed by atoms with E-state index < -0.39 is 0 Å². The fraction of sp³-hybridized carbons (Fsp3) is 0.250. The third-order valence-electron chi connectivity index (χ3n) is 3.53. The fourth-order valence-corrected chi connectivity index (χ4v) is 3.02. The number of benzene rings is 1. The highest BCUT2D eigenvalue weighted by atomic mass is 32.1. The van der Waals surface area contributed by atoms with E-state index in [1.165, 1.54) is 4.88 Å². The maximum Gasteiger partial charge on any atom is 0.112 e. The summed E-state index contributed by atoms with van der Waals surface area (Å²) in [7, 11) is 4.02. The molecular weight excluding hydrogens is 296 g/mol. The molecule has 0 spiro atoms. The average molecular weight is 314 g/mol. The van der Waals surface area contributed by atoms with E-state index in [9.17, 15) is 5.11 Å². The second-order valence-corrected chi connectivity index (χ2v) is 6.25. The first-order chi connectivity index (χ1) is 10.7. The quantitative estimate of drug-likeness (QED) is 0.786. The third-order valence-corrected chi connectivity index (χ3v) is 4.40. The lowest BCUT2D eigenvalue weighted by atomic mass is 10.2. The van der Waals surface area contributed by atoms with Crippen LogP contribution in [0.25, 0.3) is 5.69 Å². The van der Waals surface area contributed by atoms with E-state index in [-0.39, 0.29) is 6.61 Å². The standard InChI is InChI=1S/C16H18N4OS/c1-19(2)12-5-7-13(8-6-12)20-16(15(11-21)17-18-20)10-14-4-3-9-22-14/h3-9,21H,10-11H2,1-2H3. The molecule has 0 aliphatic heterocycles. The van der Waals surface area contributed by atoms with Gasteiger partial charge in [0, 0.05) is 31.1 Å². The van der Waals surface area contributed by atoms with Crippen molar-refractivity contribution in [1.29, 1.82) is 0 Å². The molecule has 0 atom stereocenters. The van der Waals surface area contributed by atoms with E-state index in [1.807, 2.05) is 54.5 Å². The summed E-state index contributed by atoms with van der Waals surface area (Å²) >= 11 is 1.69. The normalized spacial score (nSPS) is 10.9. The number of nitrogens with zero attached hydrogens (tertiary/aromatic N) is 4. The van der Waals surface area contributed by atoms with Crippen LogP contribution in [-0.4, -0.2) is 34.2 Å². The summed E-state index contributed by atoms with van der Waals surface area (Å²) in [6.07, 6.45) is 0.718. The van der Waals surface area contributed by atoms with Crippen LogP contribution in [0.3, 0.4) is 0 Å². The van der Waals surface area contributed by atoms with Crippen molar-refractivity contribution in [2.45, 2.75) is 13.0 Å². The van der Waals surface area contributed by atoms with Gasteiger partial charge in [0.25, 0.3) is 0 Å². The maximum atomic E-state index is 9.51. The van der Waals surface area contributed by atoms with Crippen LogP contribution in [-0.2, 0) is 13.0 Å². The van der Waals surface area contributed by atoms with Gasteiger partial charge in [0.05, 0.1) is 18.0 Å². The zero-order valence-corrected chi connectivity index (χ0v) is 13.4. The molecule has 0 amide bonds. The van der Waals surface area contributed by atoms with Crippen LogP contribution in [0.5, 0.6) is 0 Å². The van der Waals surface area contributed by atoms with Gasteiger partial charge in [-0.3, -0.25) is 0 Å². The summed E-state index contributed by atoms with van der Waals surface area (Å²) in [4.78, 5) is 3.28. The van der Waals surface area contributed by atoms with Gasteiger partial charge in [0.2, 0.25) is 0 Å². The van der Waals surface area contributed by atoms with E-state index in [4.69, 9.17) is 0 Å². The molecule has 0 fully saturated rings. The van der Waals surface area contributed by atoms with Gasteiger partial charge in [0.15, 0.2) is 0 Å². The summed E-state index contributed by atoms with van der Waals surface area (Å²) in [5, 5.41) is 19.9. The molecule has 0 aliphatic rings. The number of rotatable bonds is 5. The number of thiophene rings is 1. The van der Waals surface area contributed by atoms with Crippen molar-refractivity contribution in [3.8, 4) is 5.69 Å². The summed E-state index contributed by atoms with van der Waals surface area (Å²) < 4.78 is 1.81. The molecule has 0 aliphatic carbocycles. The van der Waals surface area contributed by atoms with Crippen LogP contribution in [0.1, 0.15) is 16.3 Å². The van der Waals surface area contributed by atoms with Crippen molar-refractivity contribution in [1.82, 2.24) is 15.0 Å². The van der Waals surface area contributed by atoms with Crippen LogP contribution >= 0.6 is 11.3 Å². The molecule has 0 radical (unpaired) electrons. The van der Waals surface area contributed by atoms with E-state index in [0.29, 0.717) is 5.69 Å². The van der Waals surface area contributed by atoms with Gasteiger partial charge in [-0.1, -0.05) is 11.3 Å². The minimum Gasteiger partial charge on any atom is -0.390 e. The van der Waals surface area contributed by atoms with Gasteiger partial charge in [-0.2, -0.15) is 0 Å². The molecule has 0 saturated heterocycles. The van der Waals surface area contributed by atoms with Gasteiger partial charge in [-0.15, -0.1) is 16.4 Å². The van der Waals surface area contributed by atoms with Crippen LogP contribution in [0.2, 0.25) is 0 Å². The fourth-order valence-electron chi connectivity index (χ4n) is 2.31. The number of aliphatic hydroxyl groups is 1. The van der Waals surface area contributed by atoms with Crippen LogP contribution < -0.4 is 4.90 Å². The minimum atomic E-state index is -0.101. The van der Waals surface area contributed by atoms with Crippen molar-refractivity contribution >= 4 is 17.0 Å². The molecular formula is C16H18N4OS. The van der Waals surface area contributed by atoms with Crippen molar-refractivity contribution in [3.63, 3.8) is 0 Å². The molecule has 2 heterocycles. The van der Waals surface area contributed by atoms with Gasteiger partial charge in [-0.05, 0) is 35.7 Å². The van der Waals surface area contributed by atoms with Gasteiger partial charge >= 0.3 is 0 Å². The zero-order chi connectivity index (χ0) is 15.5. The highest BCUT2D eigenvalue weighted by Gasteiger charge is 2.14. The molecule has 5 nitrogen and oxygen atoms in total. The van der Waals surface area contributed by atoms with Crippen LogP contribution in [0.15, 0.2) is 41.8 Å². The number of hydrogen-bond acceptors (Lipinski definition) is 5. The molecule has 6 heteroatoms. The number of aliphatic hydroxyl groups excluding tert-OH is 1. The Balaban J connectivity index is 1.97. The Kier molecular flexibility index (Phi) is 4.22. The Morgan fingerprint density at radius 3 is 2.55 bits per heavy atom. The van der Waals surface area contributed by atoms with Crippen molar-refractivity contribution in [2.75, 3.05) is 19.0 Å². The molecule has 3 rings (SSSR count). The Hall–Kier alpha value is -2.18. The highest BCUT2D eigenvalue weighted by Crippen LogP contribution is 2.21. The Morgan fingerprint density at radius 1 is 1.18 bits per heavy atom. The van der Waals surface area contributed by atoms with Gasteiger partial charge < -0.3 is 10.0 Å². The molecule has 2 aromatic heterocycles. The minimum absolute atomic E-state index is 0.101. The first-order valence-corrected chi connectivity index (χ1v) is 7.91. The summed E-state index contributed by atoms with van der Waals surface area (Å²) in [6, 6.07) is 12.2. The first kappa shape index (κ1) is 14.7. The number of aromatic nitrogens is 3. The predicted molar refractivity (Wildman–Crippen MR) is 88.7 cm³/mol. The molecule has 0 bridgehead atoms. The van der Waals surface area contributed by atoms with Crippen molar-refractivity contribution in [2.24, 2.45) is 0 Å². The van der Waals surface area contributed by atoms with Gasteiger partial charge in [0.1, 0.15) is 5.69 Å². The molecule has 22 heavy (non-hydrogen) atoms. The zero-order valence-electron chi connectivity index (χ0n) is 12.6. The lowest BCUT2D eigenvalue weighted by Crippen LogP contribution is -2.09. The van der Waals surface area contributed by atoms with Crippen LogP contribution in [0, 0.1) is 0 Å². The van der Waals surface area contributed by atoms with Crippen molar-refractivity contribution < 1.29 is 5.11 Å². The third kappa shape index (κ3) is 2.88. The summed E-state index contributed by atoms with van der Waals surface area (Å²) in [6.45, 7) is -0.101. The number of anilines is 1.